The number of carboxylic acids is 2. The standard InChI is InChI=1S/C10H18O6/c11-7(3-5-9(13)14)1-2-8(12)4-6-10(15)16/h7-8,11-12H,1-6H2,(H,13,14)(H,15,16). The number of hydrogen-bond acceptors (Lipinski definition) is 4. The van der Waals surface area contributed by atoms with E-state index < -0.39 is 24.1 Å². The molecule has 0 fully saturated rings. The van der Waals surface area contributed by atoms with Crippen molar-refractivity contribution in [2.45, 2.75) is 50.7 Å². The average Bonchev–Trinajstić information content (AvgIpc) is 2.20. The summed E-state index contributed by atoms with van der Waals surface area (Å²) in [5, 5.41) is 35.4. The molecule has 6 heteroatoms. The Labute approximate surface area is 93.5 Å². The van der Waals surface area contributed by atoms with Crippen LogP contribution in [-0.4, -0.2) is 44.6 Å². The van der Waals surface area contributed by atoms with E-state index in [9.17, 15) is 19.8 Å². The van der Waals surface area contributed by atoms with Crippen LogP contribution in [0, 0.1) is 0 Å². The molecule has 0 saturated heterocycles. The number of carbonyl (C=O) groups is 2. The van der Waals surface area contributed by atoms with E-state index in [1.165, 1.54) is 0 Å². The van der Waals surface area contributed by atoms with Crippen molar-refractivity contribution in [2.24, 2.45) is 0 Å². The molecule has 0 saturated carbocycles. The molecule has 6 nitrogen and oxygen atoms in total. The SMILES string of the molecule is O=C(O)CCC(O)CCC(O)CCC(=O)O. The summed E-state index contributed by atoms with van der Waals surface area (Å²) in [7, 11) is 0. The van der Waals surface area contributed by atoms with Gasteiger partial charge in [0.05, 0.1) is 12.2 Å². The second-order valence-electron chi connectivity index (χ2n) is 3.75. The highest BCUT2D eigenvalue weighted by Crippen LogP contribution is 2.10. The van der Waals surface area contributed by atoms with E-state index in [-0.39, 0.29) is 38.5 Å². The maximum absolute atomic E-state index is 10.2. The lowest BCUT2D eigenvalue weighted by Crippen LogP contribution is -2.15. The molecule has 0 aliphatic rings. The first kappa shape index (κ1) is 14.9. The van der Waals surface area contributed by atoms with Gasteiger partial charge < -0.3 is 20.4 Å². The molecule has 0 aromatic rings. The van der Waals surface area contributed by atoms with Crippen molar-refractivity contribution < 1.29 is 30.0 Å². The fraction of sp³-hybridized carbons (Fsp3) is 0.800. The predicted octanol–water partition coefficient (Wildman–Crippen LogP) is 0.218. The van der Waals surface area contributed by atoms with Gasteiger partial charge in [0.1, 0.15) is 0 Å². The lowest BCUT2D eigenvalue weighted by Gasteiger charge is -2.12. The van der Waals surface area contributed by atoms with E-state index in [2.05, 4.69) is 0 Å². The summed E-state index contributed by atoms with van der Waals surface area (Å²) in [6.07, 6.45) is -0.839. The third kappa shape index (κ3) is 9.42. The summed E-state index contributed by atoms with van der Waals surface area (Å²) in [4.78, 5) is 20.4. The zero-order chi connectivity index (χ0) is 12.6. The monoisotopic (exact) mass is 234 g/mol. The fourth-order valence-corrected chi connectivity index (χ4v) is 1.25. The molecule has 0 aliphatic heterocycles. The van der Waals surface area contributed by atoms with E-state index in [0.717, 1.165) is 0 Å². The molecule has 0 rings (SSSR count). The largest absolute Gasteiger partial charge is 0.481 e. The Morgan fingerprint density at radius 2 is 1.06 bits per heavy atom. The summed E-state index contributed by atoms with van der Waals surface area (Å²) >= 11 is 0. The predicted molar refractivity (Wildman–Crippen MR) is 55.0 cm³/mol. The van der Waals surface area contributed by atoms with E-state index in [1.54, 1.807) is 0 Å². The molecular weight excluding hydrogens is 216 g/mol. The minimum Gasteiger partial charge on any atom is -0.481 e. The topological polar surface area (TPSA) is 115 Å². The van der Waals surface area contributed by atoms with Crippen LogP contribution in [-0.2, 0) is 9.59 Å². The van der Waals surface area contributed by atoms with Gasteiger partial charge in [0.2, 0.25) is 0 Å². The van der Waals surface area contributed by atoms with Gasteiger partial charge in [-0.3, -0.25) is 9.59 Å². The van der Waals surface area contributed by atoms with E-state index >= 15 is 0 Å². The normalized spacial score (nSPS) is 14.4. The van der Waals surface area contributed by atoms with Gasteiger partial charge in [0, 0.05) is 12.8 Å². The number of aliphatic carboxylic acids is 2. The summed E-state index contributed by atoms with van der Waals surface area (Å²) in [5.74, 6) is -1.93. The van der Waals surface area contributed by atoms with Crippen LogP contribution in [0.3, 0.4) is 0 Å². The molecule has 0 heterocycles. The average molecular weight is 234 g/mol. The van der Waals surface area contributed by atoms with E-state index in [1.807, 2.05) is 0 Å². The Hall–Kier alpha value is -1.14. The summed E-state index contributed by atoms with van der Waals surface area (Å²) in [6, 6.07) is 0. The van der Waals surface area contributed by atoms with Gasteiger partial charge in [0.15, 0.2) is 0 Å². The highest BCUT2D eigenvalue weighted by Gasteiger charge is 2.11. The molecule has 0 aromatic heterocycles. The Bertz CT molecular complexity index is 203. The number of carboxylic acid groups (broad SMARTS) is 2. The van der Waals surface area contributed by atoms with E-state index in [4.69, 9.17) is 10.2 Å². The van der Waals surface area contributed by atoms with Gasteiger partial charge in [-0.05, 0) is 25.7 Å². The van der Waals surface area contributed by atoms with Crippen LogP contribution in [0.5, 0.6) is 0 Å². The molecule has 2 atom stereocenters. The van der Waals surface area contributed by atoms with Crippen molar-refractivity contribution >= 4 is 11.9 Å². The second kappa shape index (κ2) is 8.06. The Morgan fingerprint density at radius 3 is 1.31 bits per heavy atom. The highest BCUT2D eigenvalue weighted by atomic mass is 16.4. The van der Waals surface area contributed by atoms with Crippen LogP contribution in [0.2, 0.25) is 0 Å². The quantitative estimate of drug-likeness (QED) is 0.453. The van der Waals surface area contributed by atoms with Crippen LogP contribution in [0.4, 0.5) is 0 Å². The molecule has 0 spiro atoms. The molecule has 0 aliphatic carbocycles. The van der Waals surface area contributed by atoms with Crippen LogP contribution in [0.15, 0.2) is 0 Å². The number of hydrogen-bond donors (Lipinski definition) is 4. The first-order valence-electron chi connectivity index (χ1n) is 5.21. The first-order valence-corrected chi connectivity index (χ1v) is 5.21. The van der Waals surface area contributed by atoms with Crippen molar-refractivity contribution in [3.8, 4) is 0 Å². The smallest absolute Gasteiger partial charge is 0.303 e. The maximum atomic E-state index is 10.2. The second-order valence-corrected chi connectivity index (χ2v) is 3.75. The van der Waals surface area contributed by atoms with Crippen LogP contribution in [0.1, 0.15) is 38.5 Å². The van der Waals surface area contributed by atoms with E-state index in [0.29, 0.717) is 0 Å². The summed E-state index contributed by atoms with van der Waals surface area (Å²) < 4.78 is 0. The van der Waals surface area contributed by atoms with Gasteiger partial charge in [-0.2, -0.15) is 0 Å². The minimum absolute atomic E-state index is 0.105. The number of rotatable bonds is 9. The third-order valence-corrected chi connectivity index (χ3v) is 2.22. The molecule has 0 radical (unpaired) electrons. The van der Waals surface area contributed by atoms with Crippen LogP contribution < -0.4 is 0 Å². The van der Waals surface area contributed by atoms with Crippen molar-refractivity contribution in [3.05, 3.63) is 0 Å². The molecule has 0 bridgehead atoms. The zero-order valence-electron chi connectivity index (χ0n) is 9.00. The molecule has 94 valence electrons. The van der Waals surface area contributed by atoms with Crippen molar-refractivity contribution in [2.75, 3.05) is 0 Å². The Balaban J connectivity index is 3.54. The number of aliphatic hydroxyl groups is 2. The summed E-state index contributed by atoms with van der Waals surface area (Å²) in [6.45, 7) is 0. The van der Waals surface area contributed by atoms with Crippen molar-refractivity contribution in [1.82, 2.24) is 0 Å². The highest BCUT2D eigenvalue weighted by molar-refractivity contribution is 5.66. The molecular formula is C10H18O6. The van der Waals surface area contributed by atoms with Gasteiger partial charge in [-0.25, -0.2) is 0 Å². The van der Waals surface area contributed by atoms with Gasteiger partial charge in [-0.15, -0.1) is 0 Å². The minimum atomic E-state index is -0.967. The zero-order valence-corrected chi connectivity index (χ0v) is 9.00. The van der Waals surface area contributed by atoms with Gasteiger partial charge in [-0.1, -0.05) is 0 Å². The van der Waals surface area contributed by atoms with Crippen molar-refractivity contribution in [1.29, 1.82) is 0 Å². The first-order chi connectivity index (χ1) is 7.41. The lowest BCUT2D eigenvalue weighted by molar-refractivity contribution is -0.138. The van der Waals surface area contributed by atoms with Gasteiger partial charge in [0.25, 0.3) is 0 Å². The number of aliphatic hydroxyl groups excluding tert-OH is 2. The molecule has 0 aromatic carbocycles. The maximum Gasteiger partial charge on any atom is 0.303 e. The summed E-state index contributed by atoms with van der Waals surface area (Å²) in [5.41, 5.74) is 0. The Morgan fingerprint density at radius 1 is 0.750 bits per heavy atom. The fourth-order valence-electron chi connectivity index (χ4n) is 1.25. The molecule has 16 heavy (non-hydrogen) atoms. The lowest BCUT2D eigenvalue weighted by atomic mass is 10.0. The third-order valence-electron chi connectivity index (χ3n) is 2.22. The molecule has 4 N–H and O–H groups in total. The molecule has 0 amide bonds. The van der Waals surface area contributed by atoms with Crippen LogP contribution in [0.25, 0.3) is 0 Å². The Kier molecular flexibility index (Phi) is 7.49. The molecule has 2 unspecified atom stereocenters. The van der Waals surface area contributed by atoms with Crippen LogP contribution >= 0.6 is 0 Å². The van der Waals surface area contributed by atoms with Gasteiger partial charge >= 0.3 is 11.9 Å². The van der Waals surface area contributed by atoms with Crippen molar-refractivity contribution in [3.63, 3.8) is 0 Å².